The molecule has 1 saturated heterocycles. The first-order valence-electron chi connectivity index (χ1n) is 8.39. The molecule has 11 nitrogen and oxygen atoms in total. The maximum absolute atomic E-state index is 11.5. The van der Waals surface area contributed by atoms with Gasteiger partial charge in [0.05, 0.1) is 59.3 Å². The monoisotopic (exact) mass is 376 g/mol. The van der Waals surface area contributed by atoms with Crippen molar-refractivity contribution in [1.82, 2.24) is 5.06 Å². The van der Waals surface area contributed by atoms with Gasteiger partial charge in [-0.3, -0.25) is 9.59 Å². The van der Waals surface area contributed by atoms with Gasteiger partial charge < -0.3 is 23.8 Å². The summed E-state index contributed by atoms with van der Waals surface area (Å²) in [5.74, 6) is -1.69. The average Bonchev–Trinajstić information content (AvgIpc) is 2.94. The van der Waals surface area contributed by atoms with E-state index in [0.717, 1.165) is 0 Å². The summed E-state index contributed by atoms with van der Waals surface area (Å²) in [6.45, 7) is 3.52. The molecule has 1 rings (SSSR count). The maximum Gasteiger partial charge on any atom is 0.335 e. The molecule has 0 radical (unpaired) electrons. The molecule has 0 aliphatic carbocycles. The van der Waals surface area contributed by atoms with E-state index in [1.807, 2.05) is 0 Å². The quantitative estimate of drug-likeness (QED) is 0.190. The molecule has 1 fully saturated rings. The van der Waals surface area contributed by atoms with Crippen molar-refractivity contribution in [3.05, 3.63) is 0 Å². The van der Waals surface area contributed by atoms with Gasteiger partial charge in [-0.1, -0.05) is 0 Å². The molecule has 0 bridgehead atoms. The average molecular weight is 376 g/mol. The first-order valence-corrected chi connectivity index (χ1v) is 8.39. The number of nitrogens with two attached hydrogens (primary N) is 1. The minimum atomic E-state index is -0.690. The minimum absolute atomic E-state index is 0.0579. The van der Waals surface area contributed by atoms with E-state index in [2.05, 4.69) is 5.11 Å². The second-order valence-electron chi connectivity index (χ2n) is 5.15. The number of amides is 2. The largest absolute Gasteiger partial charge is 0.378 e. The summed E-state index contributed by atoms with van der Waals surface area (Å²) in [5, 5.41) is 3.93. The van der Waals surface area contributed by atoms with Crippen LogP contribution in [0, 0.1) is 0 Å². The van der Waals surface area contributed by atoms with Crippen LogP contribution in [0.15, 0.2) is 5.11 Å². The van der Waals surface area contributed by atoms with E-state index >= 15 is 0 Å². The maximum atomic E-state index is 11.5. The van der Waals surface area contributed by atoms with Crippen molar-refractivity contribution in [2.24, 2.45) is 5.11 Å². The molecule has 11 heteroatoms. The van der Waals surface area contributed by atoms with Gasteiger partial charge in [-0.2, -0.15) is 5.53 Å². The van der Waals surface area contributed by atoms with Crippen LogP contribution in [0.4, 0.5) is 0 Å². The van der Waals surface area contributed by atoms with Crippen molar-refractivity contribution in [2.45, 2.75) is 19.3 Å². The van der Waals surface area contributed by atoms with Crippen LogP contribution in [0.25, 0.3) is 0 Å². The second-order valence-corrected chi connectivity index (χ2v) is 5.15. The zero-order chi connectivity index (χ0) is 19.0. The lowest BCUT2D eigenvalue weighted by Crippen LogP contribution is -2.32. The predicted octanol–water partition coefficient (Wildman–Crippen LogP) is -1.74. The normalized spacial score (nSPS) is 14.1. The number of nitrogens with zero attached hydrogens (tertiary/aromatic N) is 2. The van der Waals surface area contributed by atoms with Crippen molar-refractivity contribution < 1.29 is 43.7 Å². The van der Waals surface area contributed by atoms with Crippen LogP contribution in [-0.4, -0.2) is 82.2 Å². The summed E-state index contributed by atoms with van der Waals surface area (Å²) in [7, 11) is 0. The van der Waals surface area contributed by atoms with Gasteiger partial charge in [0, 0.05) is 12.8 Å². The number of hydroxylamine groups is 2. The summed E-state index contributed by atoms with van der Waals surface area (Å²) >= 11 is 0. The van der Waals surface area contributed by atoms with Gasteiger partial charge in [-0.15, -0.1) is 5.06 Å². The lowest BCUT2D eigenvalue weighted by atomic mass is 10.4. The van der Waals surface area contributed by atoms with E-state index in [9.17, 15) is 14.4 Å². The Labute approximate surface area is 151 Å². The summed E-state index contributed by atoms with van der Waals surface area (Å²) in [4.78, 5) is 38.7. The predicted molar refractivity (Wildman–Crippen MR) is 84.3 cm³/mol. The van der Waals surface area contributed by atoms with Gasteiger partial charge in [-0.05, 0) is 5.11 Å². The van der Waals surface area contributed by atoms with E-state index in [1.54, 1.807) is 0 Å². The van der Waals surface area contributed by atoms with Crippen LogP contribution in [0.1, 0.15) is 19.3 Å². The zero-order valence-corrected chi connectivity index (χ0v) is 14.7. The Morgan fingerprint density at radius 2 is 1.31 bits per heavy atom. The van der Waals surface area contributed by atoms with Crippen LogP contribution in [-0.2, 0) is 38.2 Å². The minimum Gasteiger partial charge on any atom is -0.378 e. The van der Waals surface area contributed by atoms with E-state index in [-0.39, 0.29) is 25.9 Å². The van der Waals surface area contributed by atoms with E-state index in [1.165, 1.54) is 0 Å². The number of carbonyl (C=O) groups excluding carboxylic acids is 3. The highest BCUT2D eigenvalue weighted by Gasteiger charge is 2.32. The van der Waals surface area contributed by atoms with Gasteiger partial charge in [-0.25, -0.2) is 4.79 Å². The fourth-order valence-corrected chi connectivity index (χ4v) is 1.84. The van der Waals surface area contributed by atoms with Crippen molar-refractivity contribution in [3.63, 3.8) is 0 Å². The molecule has 1 aliphatic rings. The highest BCUT2D eigenvalue weighted by molar-refractivity contribution is 6.01. The number of carbonyl (C=O) groups is 3. The Morgan fingerprint density at radius 3 is 1.81 bits per heavy atom. The number of imide groups is 1. The molecule has 0 aromatic rings. The topological polar surface area (TPSA) is 139 Å². The summed E-state index contributed by atoms with van der Waals surface area (Å²) < 4.78 is 21.0. The van der Waals surface area contributed by atoms with Crippen molar-refractivity contribution in [3.8, 4) is 0 Å². The summed E-state index contributed by atoms with van der Waals surface area (Å²) in [5.41, 5.74) is 4.96. The van der Waals surface area contributed by atoms with E-state index < -0.39 is 17.8 Å². The Kier molecular flexibility index (Phi) is 12.1. The molecule has 0 aromatic carbocycles. The molecule has 0 unspecified atom stereocenters. The SMILES string of the molecule is [NH2+]=NCCOCCOCCOCCOCCC(=O)ON1C(=O)CCC1=O. The summed E-state index contributed by atoms with van der Waals surface area (Å²) in [6.07, 6.45) is 0.0833. The smallest absolute Gasteiger partial charge is 0.335 e. The lowest BCUT2D eigenvalue weighted by Gasteiger charge is -2.12. The molecule has 0 aromatic heterocycles. The van der Waals surface area contributed by atoms with Gasteiger partial charge in [0.15, 0.2) is 0 Å². The molecule has 1 heterocycles. The third-order valence-electron chi connectivity index (χ3n) is 3.13. The van der Waals surface area contributed by atoms with Crippen molar-refractivity contribution in [2.75, 3.05) is 59.4 Å². The Morgan fingerprint density at radius 1 is 0.846 bits per heavy atom. The van der Waals surface area contributed by atoms with Gasteiger partial charge in [0.25, 0.3) is 11.8 Å². The standard InChI is InChI=1S/C15H25N3O8/c16-17-4-6-23-8-10-25-12-11-24-9-7-22-5-3-15(21)26-18-13(19)1-2-14(18)20/h16H,1-12H2/p+1. The first-order chi connectivity index (χ1) is 12.6. The van der Waals surface area contributed by atoms with Gasteiger partial charge >= 0.3 is 5.97 Å². The molecule has 1 aliphatic heterocycles. The second kappa shape index (κ2) is 14.2. The number of rotatable bonds is 16. The van der Waals surface area contributed by atoms with E-state index in [0.29, 0.717) is 57.9 Å². The Balaban J connectivity index is 1.83. The van der Waals surface area contributed by atoms with Gasteiger partial charge in [0.2, 0.25) is 0 Å². The fraction of sp³-hybridized carbons (Fsp3) is 0.800. The number of ether oxygens (including phenoxy) is 4. The molecule has 148 valence electrons. The van der Waals surface area contributed by atoms with Crippen LogP contribution in [0.2, 0.25) is 0 Å². The molecular weight excluding hydrogens is 350 g/mol. The zero-order valence-electron chi connectivity index (χ0n) is 14.7. The van der Waals surface area contributed by atoms with Crippen molar-refractivity contribution in [1.29, 1.82) is 0 Å². The third kappa shape index (κ3) is 10.1. The summed E-state index contributed by atoms with van der Waals surface area (Å²) in [6, 6.07) is 0. The van der Waals surface area contributed by atoms with Crippen LogP contribution >= 0.6 is 0 Å². The molecule has 0 saturated carbocycles. The van der Waals surface area contributed by atoms with Gasteiger partial charge in [0.1, 0.15) is 6.54 Å². The number of hydrogen-bond donors (Lipinski definition) is 1. The molecule has 26 heavy (non-hydrogen) atoms. The Hall–Kier alpha value is -1.95. The molecule has 0 atom stereocenters. The lowest BCUT2D eigenvalue weighted by molar-refractivity contribution is -0.223. The molecular formula is C15H26N3O8+. The highest BCUT2D eigenvalue weighted by atomic mass is 16.7. The number of hydrogen-bond acceptors (Lipinski definition) is 9. The third-order valence-corrected chi connectivity index (χ3v) is 3.13. The Bertz CT molecular complexity index is 444. The van der Waals surface area contributed by atoms with E-state index in [4.69, 9.17) is 29.3 Å². The van der Waals surface area contributed by atoms with Crippen LogP contribution in [0.3, 0.4) is 0 Å². The first kappa shape index (κ1) is 22.1. The highest BCUT2D eigenvalue weighted by Crippen LogP contribution is 2.12. The van der Waals surface area contributed by atoms with Crippen LogP contribution in [0.5, 0.6) is 0 Å². The molecule has 2 N–H and O–H groups in total. The molecule has 0 spiro atoms. The fourth-order valence-electron chi connectivity index (χ4n) is 1.84. The van der Waals surface area contributed by atoms with Crippen molar-refractivity contribution >= 4 is 17.8 Å². The molecule has 2 amide bonds. The van der Waals surface area contributed by atoms with Crippen LogP contribution < -0.4 is 5.53 Å².